The first-order valence-corrected chi connectivity index (χ1v) is 11.4. The number of hydrogen-bond acceptors (Lipinski definition) is 3. The van der Waals surface area contributed by atoms with Gasteiger partial charge in [0.2, 0.25) is 0 Å². The van der Waals surface area contributed by atoms with Crippen LogP contribution in [0.15, 0.2) is 48.7 Å². The molecule has 0 spiro atoms. The molecule has 7 heteroatoms. The standard InChI is InChI=1S/C26H27N3O4/c30-25(31)17-3-5-22-20(12-17)14-24(28-22)16-7-10-29(11-8-16)9-1-2-19-15-27-23-6-4-18(26(32)33)13-21(19)23/h3-6,12-16,27-28H,1-2,7-11H2,(H,30,31)(H,32,33). The average Bonchev–Trinajstić information content (AvgIpc) is 3.42. The molecule has 4 N–H and O–H groups in total. The normalized spacial score (nSPS) is 15.4. The van der Waals surface area contributed by atoms with Crippen molar-refractivity contribution in [2.75, 3.05) is 19.6 Å². The summed E-state index contributed by atoms with van der Waals surface area (Å²) in [5.74, 6) is -1.34. The van der Waals surface area contributed by atoms with Gasteiger partial charge in [-0.3, -0.25) is 0 Å². The first-order valence-electron chi connectivity index (χ1n) is 11.4. The number of benzene rings is 2. The summed E-state index contributed by atoms with van der Waals surface area (Å²) >= 11 is 0. The molecule has 0 atom stereocenters. The highest BCUT2D eigenvalue weighted by Gasteiger charge is 2.22. The average molecular weight is 446 g/mol. The smallest absolute Gasteiger partial charge is 0.335 e. The summed E-state index contributed by atoms with van der Waals surface area (Å²) in [4.78, 5) is 31.7. The SMILES string of the molecule is O=C(O)c1ccc2[nH]c(C3CCN(CCCc4c[nH]c5ccc(C(=O)O)cc45)CC3)cc2c1. The van der Waals surface area contributed by atoms with Crippen LogP contribution < -0.4 is 0 Å². The molecule has 2 aromatic carbocycles. The van der Waals surface area contributed by atoms with E-state index in [9.17, 15) is 19.8 Å². The molecule has 0 bridgehead atoms. The van der Waals surface area contributed by atoms with E-state index in [-0.39, 0.29) is 0 Å². The molecular weight excluding hydrogens is 418 g/mol. The fourth-order valence-electron chi connectivity index (χ4n) is 4.99. The second kappa shape index (κ2) is 8.75. The Kier molecular flexibility index (Phi) is 5.64. The number of carboxylic acid groups (broad SMARTS) is 2. The van der Waals surface area contributed by atoms with Crippen molar-refractivity contribution in [2.24, 2.45) is 0 Å². The number of carboxylic acids is 2. The Balaban J connectivity index is 1.16. The quantitative estimate of drug-likeness (QED) is 0.325. The van der Waals surface area contributed by atoms with E-state index < -0.39 is 11.9 Å². The van der Waals surface area contributed by atoms with E-state index in [4.69, 9.17) is 0 Å². The minimum Gasteiger partial charge on any atom is -0.478 e. The number of H-pyrrole nitrogens is 2. The van der Waals surface area contributed by atoms with Gasteiger partial charge in [0, 0.05) is 39.6 Å². The van der Waals surface area contributed by atoms with Gasteiger partial charge in [-0.1, -0.05) is 0 Å². The van der Waals surface area contributed by atoms with Crippen LogP contribution in [0.5, 0.6) is 0 Å². The minimum atomic E-state index is -0.900. The lowest BCUT2D eigenvalue weighted by Gasteiger charge is -2.31. The van der Waals surface area contributed by atoms with Crippen molar-refractivity contribution in [3.63, 3.8) is 0 Å². The van der Waals surface area contributed by atoms with Crippen LogP contribution in [-0.2, 0) is 6.42 Å². The maximum atomic E-state index is 11.3. The lowest BCUT2D eigenvalue weighted by atomic mass is 9.93. The summed E-state index contributed by atoms with van der Waals surface area (Å²) < 4.78 is 0. The molecule has 33 heavy (non-hydrogen) atoms. The second-order valence-corrected chi connectivity index (χ2v) is 8.93. The van der Waals surface area contributed by atoms with Crippen LogP contribution in [0.1, 0.15) is 57.2 Å². The van der Waals surface area contributed by atoms with E-state index in [0.717, 1.165) is 67.1 Å². The van der Waals surface area contributed by atoms with Crippen molar-refractivity contribution in [3.8, 4) is 0 Å². The van der Waals surface area contributed by atoms with Crippen LogP contribution in [0.25, 0.3) is 21.8 Å². The number of aromatic carboxylic acids is 2. The van der Waals surface area contributed by atoms with Crippen molar-refractivity contribution < 1.29 is 19.8 Å². The van der Waals surface area contributed by atoms with Gasteiger partial charge < -0.3 is 25.1 Å². The Hall–Kier alpha value is -3.58. The number of piperidine rings is 1. The zero-order valence-electron chi connectivity index (χ0n) is 18.3. The molecule has 0 saturated carbocycles. The molecule has 1 saturated heterocycles. The number of carbonyl (C=O) groups is 2. The third kappa shape index (κ3) is 4.36. The van der Waals surface area contributed by atoms with Crippen LogP contribution in [0, 0.1) is 0 Å². The molecule has 1 aliphatic rings. The summed E-state index contributed by atoms with van der Waals surface area (Å²) in [7, 11) is 0. The number of rotatable bonds is 7. The lowest BCUT2D eigenvalue weighted by molar-refractivity contribution is 0.0686. The van der Waals surface area contributed by atoms with Gasteiger partial charge in [-0.05, 0) is 93.3 Å². The van der Waals surface area contributed by atoms with Gasteiger partial charge in [0.15, 0.2) is 0 Å². The number of aromatic amines is 2. The molecule has 0 radical (unpaired) electrons. The van der Waals surface area contributed by atoms with Crippen molar-refractivity contribution in [1.29, 1.82) is 0 Å². The molecular formula is C26H27N3O4. The topological polar surface area (TPSA) is 109 Å². The minimum absolute atomic E-state index is 0.317. The molecule has 170 valence electrons. The lowest BCUT2D eigenvalue weighted by Crippen LogP contribution is -2.33. The van der Waals surface area contributed by atoms with Gasteiger partial charge in [-0.25, -0.2) is 9.59 Å². The number of nitrogens with zero attached hydrogens (tertiary/aromatic N) is 1. The number of fused-ring (bicyclic) bond motifs is 2. The van der Waals surface area contributed by atoms with E-state index in [2.05, 4.69) is 20.9 Å². The first kappa shape index (κ1) is 21.3. The predicted octanol–water partition coefficient (Wildman–Crippen LogP) is 4.86. The Bertz CT molecular complexity index is 1330. The van der Waals surface area contributed by atoms with Gasteiger partial charge in [0.1, 0.15) is 0 Å². The summed E-state index contributed by atoms with van der Waals surface area (Å²) in [5, 5.41) is 20.4. The molecule has 0 amide bonds. The van der Waals surface area contributed by atoms with Crippen LogP contribution in [0.2, 0.25) is 0 Å². The first-order chi connectivity index (χ1) is 16.0. The maximum absolute atomic E-state index is 11.3. The van der Waals surface area contributed by atoms with Crippen LogP contribution in [0.3, 0.4) is 0 Å². The molecule has 1 aliphatic heterocycles. The van der Waals surface area contributed by atoms with E-state index in [1.54, 1.807) is 24.3 Å². The number of aromatic nitrogens is 2. The molecule has 1 fully saturated rings. The molecule has 3 heterocycles. The monoisotopic (exact) mass is 445 g/mol. The van der Waals surface area contributed by atoms with Crippen molar-refractivity contribution in [3.05, 3.63) is 71.0 Å². The van der Waals surface area contributed by atoms with Crippen LogP contribution >= 0.6 is 0 Å². The summed E-state index contributed by atoms with van der Waals surface area (Å²) in [6, 6.07) is 12.5. The third-order valence-electron chi connectivity index (χ3n) is 6.85. The van der Waals surface area contributed by atoms with Crippen molar-refractivity contribution in [1.82, 2.24) is 14.9 Å². The molecule has 2 aromatic heterocycles. The highest BCUT2D eigenvalue weighted by Crippen LogP contribution is 2.30. The third-order valence-corrected chi connectivity index (χ3v) is 6.85. The van der Waals surface area contributed by atoms with E-state index in [0.29, 0.717) is 17.0 Å². The zero-order valence-corrected chi connectivity index (χ0v) is 18.3. The Morgan fingerprint density at radius 3 is 2.36 bits per heavy atom. The highest BCUT2D eigenvalue weighted by atomic mass is 16.4. The highest BCUT2D eigenvalue weighted by molar-refractivity contribution is 5.95. The van der Waals surface area contributed by atoms with Crippen LogP contribution in [-0.4, -0.2) is 56.7 Å². The van der Waals surface area contributed by atoms with Crippen molar-refractivity contribution in [2.45, 2.75) is 31.6 Å². The fourth-order valence-corrected chi connectivity index (χ4v) is 4.99. The molecule has 0 aliphatic carbocycles. The predicted molar refractivity (Wildman–Crippen MR) is 127 cm³/mol. The number of aryl methyl sites for hydroxylation is 1. The number of nitrogens with one attached hydrogen (secondary N) is 2. The second-order valence-electron chi connectivity index (χ2n) is 8.93. The summed E-state index contributed by atoms with van der Waals surface area (Å²) in [6.45, 7) is 3.10. The molecule has 5 rings (SSSR count). The van der Waals surface area contributed by atoms with Gasteiger partial charge in [-0.15, -0.1) is 0 Å². The van der Waals surface area contributed by atoms with Gasteiger partial charge in [0.25, 0.3) is 0 Å². The maximum Gasteiger partial charge on any atom is 0.335 e. The van der Waals surface area contributed by atoms with E-state index in [1.807, 2.05) is 18.3 Å². The summed E-state index contributed by atoms with van der Waals surface area (Å²) in [6.07, 6.45) is 6.09. The Morgan fingerprint density at radius 1 is 0.939 bits per heavy atom. The molecule has 4 aromatic rings. The largest absolute Gasteiger partial charge is 0.478 e. The van der Waals surface area contributed by atoms with Crippen molar-refractivity contribution >= 4 is 33.7 Å². The molecule has 7 nitrogen and oxygen atoms in total. The van der Waals surface area contributed by atoms with E-state index >= 15 is 0 Å². The fraction of sp³-hybridized carbons (Fsp3) is 0.308. The van der Waals surface area contributed by atoms with Crippen LogP contribution in [0.4, 0.5) is 0 Å². The number of hydrogen-bond donors (Lipinski definition) is 4. The zero-order chi connectivity index (χ0) is 22.9. The van der Waals surface area contributed by atoms with Gasteiger partial charge in [-0.2, -0.15) is 0 Å². The Labute approximate surface area is 191 Å². The van der Waals surface area contributed by atoms with Gasteiger partial charge in [0.05, 0.1) is 11.1 Å². The Morgan fingerprint density at radius 2 is 1.64 bits per heavy atom. The molecule has 0 unspecified atom stereocenters. The van der Waals surface area contributed by atoms with Gasteiger partial charge >= 0.3 is 11.9 Å². The number of likely N-dealkylation sites (tertiary alicyclic amines) is 1. The van der Waals surface area contributed by atoms with E-state index in [1.165, 1.54) is 11.3 Å². The summed E-state index contributed by atoms with van der Waals surface area (Å²) in [5.41, 5.74) is 4.97.